The molecule has 1 aromatic rings. The highest BCUT2D eigenvalue weighted by Gasteiger charge is 2.34. The molecule has 5 nitrogen and oxygen atoms in total. The van der Waals surface area contributed by atoms with Gasteiger partial charge in [-0.1, -0.05) is 6.58 Å². The van der Waals surface area contributed by atoms with Gasteiger partial charge in [-0.15, -0.1) is 0 Å². The van der Waals surface area contributed by atoms with E-state index >= 15 is 0 Å². The molecule has 20 heavy (non-hydrogen) atoms. The van der Waals surface area contributed by atoms with Gasteiger partial charge in [-0.25, -0.2) is 0 Å². The summed E-state index contributed by atoms with van der Waals surface area (Å²) >= 11 is 0. The van der Waals surface area contributed by atoms with Gasteiger partial charge in [0.2, 0.25) is 5.91 Å². The number of hydrogen-bond acceptors (Lipinski definition) is 3. The molecular weight excluding hydrogens is 258 g/mol. The van der Waals surface area contributed by atoms with Crippen LogP contribution in [0.15, 0.2) is 36.4 Å². The molecule has 1 aliphatic heterocycles. The monoisotopic (exact) mass is 275 g/mol. The highest BCUT2D eigenvalue weighted by atomic mass is 16.5. The first-order valence-electron chi connectivity index (χ1n) is 6.38. The van der Waals surface area contributed by atoms with E-state index in [1.54, 1.807) is 24.3 Å². The van der Waals surface area contributed by atoms with Crippen LogP contribution < -0.4 is 9.64 Å². The third-order valence-corrected chi connectivity index (χ3v) is 3.11. The van der Waals surface area contributed by atoms with E-state index in [1.165, 1.54) is 4.90 Å². The average molecular weight is 275 g/mol. The van der Waals surface area contributed by atoms with Gasteiger partial charge in [-0.2, -0.15) is 0 Å². The summed E-state index contributed by atoms with van der Waals surface area (Å²) in [5.74, 6) is -1.02. The molecule has 0 aliphatic carbocycles. The SMILES string of the molecule is C=C(C)COc1ccc(N2CC(C(=O)O)CC2=O)cc1. The smallest absolute Gasteiger partial charge is 0.308 e. The van der Waals surface area contributed by atoms with Gasteiger partial charge < -0.3 is 14.7 Å². The zero-order chi connectivity index (χ0) is 14.7. The number of ether oxygens (including phenoxy) is 1. The predicted octanol–water partition coefficient (Wildman–Crippen LogP) is 2.08. The Bertz CT molecular complexity index is 535. The Kier molecular flexibility index (Phi) is 4.08. The van der Waals surface area contributed by atoms with Gasteiger partial charge >= 0.3 is 5.97 Å². The normalized spacial score (nSPS) is 18.1. The van der Waals surface area contributed by atoms with Crippen LogP contribution in [-0.2, 0) is 9.59 Å². The molecule has 1 amide bonds. The fraction of sp³-hybridized carbons (Fsp3) is 0.333. The van der Waals surface area contributed by atoms with Crippen molar-refractivity contribution in [2.24, 2.45) is 5.92 Å². The van der Waals surface area contributed by atoms with E-state index in [0.717, 1.165) is 5.57 Å². The topological polar surface area (TPSA) is 66.8 Å². The second-order valence-corrected chi connectivity index (χ2v) is 4.98. The van der Waals surface area contributed by atoms with Crippen molar-refractivity contribution in [2.75, 3.05) is 18.1 Å². The van der Waals surface area contributed by atoms with Crippen LogP contribution in [0.3, 0.4) is 0 Å². The molecule has 2 rings (SSSR count). The van der Waals surface area contributed by atoms with Crippen molar-refractivity contribution >= 4 is 17.6 Å². The first kappa shape index (κ1) is 14.1. The summed E-state index contributed by atoms with van der Waals surface area (Å²) in [6, 6.07) is 7.05. The maximum absolute atomic E-state index is 11.8. The van der Waals surface area contributed by atoms with Crippen LogP contribution in [0.25, 0.3) is 0 Å². The molecule has 5 heteroatoms. The van der Waals surface area contributed by atoms with Crippen LogP contribution in [0.2, 0.25) is 0 Å². The summed E-state index contributed by atoms with van der Waals surface area (Å²) < 4.78 is 5.47. The number of anilines is 1. The molecule has 1 heterocycles. The number of hydrogen-bond donors (Lipinski definition) is 1. The van der Waals surface area contributed by atoms with Gasteiger partial charge in [0.15, 0.2) is 0 Å². The summed E-state index contributed by atoms with van der Waals surface area (Å²) in [5.41, 5.74) is 1.62. The van der Waals surface area contributed by atoms with Crippen LogP contribution >= 0.6 is 0 Å². The number of carbonyl (C=O) groups is 2. The molecule has 106 valence electrons. The van der Waals surface area contributed by atoms with Gasteiger partial charge in [-0.05, 0) is 36.8 Å². The Morgan fingerprint density at radius 1 is 1.45 bits per heavy atom. The second-order valence-electron chi connectivity index (χ2n) is 4.98. The minimum atomic E-state index is -0.928. The van der Waals surface area contributed by atoms with Crippen molar-refractivity contribution < 1.29 is 19.4 Å². The lowest BCUT2D eigenvalue weighted by molar-refractivity contribution is -0.141. The van der Waals surface area contributed by atoms with Crippen LogP contribution in [0, 0.1) is 5.92 Å². The lowest BCUT2D eigenvalue weighted by atomic mass is 10.1. The molecule has 1 N–H and O–H groups in total. The number of carboxylic acid groups (broad SMARTS) is 1. The minimum Gasteiger partial charge on any atom is -0.489 e. The van der Waals surface area contributed by atoms with Gasteiger partial charge in [0.1, 0.15) is 12.4 Å². The summed E-state index contributed by atoms with van der Waals surface area (Å²) in [6.07, 6.45) is 0.0588. The molecule has 0 radical (unpaired) electrons. The molecule has 0 spiro atoms. The first-order chi connectivity index (χ1) is 9.47. The standard InChI is InChI=1S/C15H17NO4/c1-10(2)9-20-13-5-3-12(4-6-13)16-8-11(15(18)19)7-14(16)17/h3-6,11H,1,7-9H2,2H3,(H,18,19). The zero-order valence-electron chi connectivity index (χ0n) is 11.3. The van der Waals surface area contributed by atoms with E-state index in [0.29, 0.717) is 18.0 Å². The summed E-state index contributed by atoms with van der Waals surface area (Å²) in [4.78, 5) is 24.2. The molecule has 0 aromatic heterocycles. The van der Waals surface area contributed by atoms with Crippen LogP contribution in [-0.4, -0.2) is 30.1 Å². The number of nitrogens with zero attached hydrogens (tertiary/aromatic N) is 1. The van der Waals surface area contributed by atoms with Crippen LogP contribution in [0.4, 0.5) is 5.69 Å². The molecule has 1 aromatic carbocycles. The number of rotatable bonds is 5. The second kappa shape index (κ2) is 5.77. The van der Waals surface area contributed by atoms with Gasteiger partial charge in [0.05, 0.1) is 5.92 Å². The van der Waals surface area contributed by atoms with Crippen molar-refractivity contribution in [2.45, 2.75) is 13.3 Å². The fourth-order valence-electron chi connectivity index (χ4n) is 2.05. The summed E-state index contributed by atoms with van der Waals surface area (Å²) in [6.45, 7) is 6.30. The summed E-state index contributed by atoms with van der Waals surface area (Å²) in [7, 11) is 0. The molecule has 1 atom stereocenters. The molecule has 1 unspecified atom stereocenters. The minimum absolute atomic E-state index is 0.0588. The lowest BCUT2D eigenvalue weighted by Crippen LogP contribution is -2.25. The Balaban J connectivity index is 2.05. The van der Waals surface area contributed by atoms with Gasteiger partial charge in [0.25, 0.3) is 0 Å². The first-order valence-corrected chi connectivity index (χ1v) is 6.38. The van der Waals surface area contributed by atoms with Crippen molar-refractivity contribution in [3.8, 4) is 5.75 Å². The number of benzene rings is 1. The molecule has 0 saturated carbocycles. The molecule has 1 saturated heterocycles. The van der Waals surface area contributed by atoms with E-state index < -0.39 is 11.9 Å². The maximum Gasteiger partial charge on any atom is 0.308 e. The van der Waals surface area contributed by atoms with Crippen molar-refractivity contribution in [3.63, 3.8) is 0 Å². The number of amides is 1. The van der Waals surface area contributed by atoms with Crippen molar-refractivity contribution in [3.05, 3.63) is 36.4 Å². The van der Waals surface area contributed by atoms with E-state index in [1.807, 2.05) is 6.92 Å². The van der Waals surface area contributed by atoms with E-state index in [4.69, 9.17) is 9.84 Å². The van der Waals surface area contributed by atoms with Crippen LogP contribution in [0.5, 0.6) is 5.75 Å². The fourth-order valence-corrected chi connectivity index (χ4v) is 2.05. The van der Waals surface area contributed by atoms with E-state index in [2.05, 4.69) is 6.58 Å². The van der Waals surface area contributed by atoms with E-state index in [9.17, 15) is 9.59 Å². The Morgan fingerprint density at radius 2 is 2.10 bits per heavy atom. The highest BCUT2D eigenvalue weighted by Crippen LogP contribution is 2.27. The highest BCUT2D eigenvalue weighted by molar-refractivity contribution is 5.99. The lowest BCUT2D eigenvalue weighted by Gasteiger charge is -2.16. The Labute approximate surface area is 117 Å². The predicted molar refractivity (Wildman–Crippen MR) is 74.8 cm³/mol. The quantitative estimate of drug-likeness (QED) is 0.835. The molecule has 1 fully saturated rings. The molecule has 1 aliphatic rings. The number of carbonyl (C=O) groups excluding carboxylic acids is 1. The average Bonchev–Trinajstić information content (AvgIpc) is 2.79. The third kappa shape index (κ3) is 3.17. The zero-order valence-corrected chi connectivity index (χ0v) is 11.3. The summed E-state index contributed by atoms with van der Waals surface area (Å²) in [5, 5.41) is 8.95. The van der Waals surface area contributed by atoms with Gasteiger partial charge in [0, 0.05) is 18.7 Å². The van der Waals surface area contributed by atoms with Crippen molar-refractivity contribution in [1.82, 2.24) is 0 Å². The molecule has 0 bridgehead atoms. The number of carboxylic acids is 1. The van der Waals surface area contributed by atoms with Crippen LogP contribution in [0.1, 0.15) is 13.3 Å². The Hall–Kier alpha value is -2.30. The van der Waals surface area contributed by atoms with Gasteiger partial charge in [-0.3, -0.25) is 9.59 Å². The maximum atomic E-state index is 11.8. The largest absolute Gasteiger partial charge is 0.489 e. The molecular formula is C15H17NO4. The van der Waals surface area contributed by atoms with Crippen molar-refractivity contribution in [1.29, 1.82) is 0 Å². The Morgan fingerprint density at radius 3 is 2.60 bits per heavy atom. The third-order valence-electron chi connectivity index (χ3n) is 3.11. The number of aliphatic carboxylic acids is 1. The van der Waals surface area contributed by atoms with E-state index in [-0.39, 0.29) is 18.9 Å².